The average molecular weight is 182 g/mol. The molecule has 13 heavy (non-hydrogen) atoms. The first-order chi connectivity index (χ1) is 5.73. The molecule has 0 aliphatic carbocycles. The fourth-order valence-corrected chi connectivity index (χ4v) is 1.94. The SMILES string of the molecule is BC(C)(C)C(CC(C)C)CC(C)C. The summed E-state index contributed by atoms with van der Waals surface area (Å²) in [5, 5.41) is 0.481. The van der Waals surface area contributed by atoms with Gasteiger partial charge in [0.25, 0.3) is 0 Å². The van der Waals surface area contributed by atoms with Crippen LogP contribution in [0.4, 0.5) is 0 Å². The van der Waals surface area contributed by atoms with E-state index in [2.05, 4.69) is 49.4 Å². The highest BCUT2D eigenvalue weighted by atomic mass is 14.3. The second kappa shape index (κ2) is 5.07. The Labute approximate surface area is 85.9 Å². The van der Waals surface area contributed by atoms with Crippen molar-refractivity contribution in [2.75, 3.05) is 0 Å². The third-order valence-corrected chi connectivity index (χ3v) is 2.74. The molecule has 0 aromatic carbocycles. The van der Waals surface area contributed by atoms with Crippen molar-refractivity contribution < 1.29 is 0 Å². The Kier molecular flexibility index (Phi) is 5.10. The van der Waals surface area contributed by atoms with Crippen LogP contribution in [0.3, 0.4) is 0 Å². The molecule has 0 spiro atoms. The summed E-state index contributed by atoms with van der Waals surface area (Å²) in [6, 6.07) is 0. The molecule has 0 bridgehead atoms. The van der Waals surface area contributed by atoms with Crippen molar-refractivity contribution in [3.8, 4) is 0 Å². The molecular formula is C12H27B. The first-order valence-corrected chi connectivity index (χ1v) is 5.73. The predicted octanol–water partition coefficient (Wildman–Crippen LogP) is 3.53. The summed E-state index contributed by atoms with van der Waals surface area (Å²) in [7, 11) is 2.38. The molecule has 0 aromatic heterocycles. The lowest BCUT2D eigenvalue weighted by molar-refractivity contribution is 0.281. The minimum atomic E-state index is 0.481. The van der Waals surface area contributed by atoms with Crippen LogP contribution in [0.2, 0.25) is 5.31 Å². The molecule has 0 nitrogen and oxygen atoms in total. The Hall–Kier alpha value is 0.0649. The molecule has 0 radical (unpaired) electrons. The lowest BCUT2D eigenvalue weighted by Gasteiger charge is -2.33. The smallest absolute Gasteiger partial charge is 0.0669 e. The Balaban J connectivity index is 4.20. The lowest BCUT2D eigenvalue weighted by atomic mass is 9.59. The van der Waals surface area contributed by atoms with Gasteiger partial charge in [0.05, 0.1) is 0 Å². The van der Waals surface area contributed by atoms with Gasteiger partial charge in [-0.3, -0.25) is 0 Å². The summed E-state index contributed by atoms with van der Waals surface area (Å²) in [6.45, 7) is 14.1. The summed E-state index contributed by atoms with van der Waals surface area (Å²) < 4.78 is 0. The van der Waals surface area contributed by atoms with Crippen molar-refractivity contribution in [2.45, 2.75) is 59.7 Å². The van der Waals surface area contributed by atoms with Crippen LogP contribution in [0.15, 0.2) is 0 Å². The van der Waals surface area contributed by atoms with E-state index in [1.54, 1.807) is 0 Å². The van der Waals surface area contributed by atoms with Crippen LogP contribution in [0.1, 0.15) is 54.4 Å². The Morgan fingerprint density at radius 3 is 1.38 bits per heavy atom. The highest BCUT2D eigenvalue weighted by Crippen LogP contribution is 2.39. The zero-order valence-electron chi connectivity index (χ0n) is 10.6. The second-order valence-electron chi connectivity index (χ2n) is 6.32. The van der Waals surface area contributed by atoms with Crippen LogP contribution in [0.25, 0.3) is 0 Å². The summed E-state index contributed by atoms with van der Waals surface area (Å²) in [4.78, 5) is 0. The van der Waals surface area contributed by atoms with E-state index in [-0.39, 0.29) is 0 Å². The second-order valence-corrected chi connectivity index (χ2v) is 6.32. The molecule has 0 saturated heterocycles. The van der Waals surface area contributed by atoms with Gasteiger partial charge in [-0.15, -0.1) is 0 Å². The number of hydrogen-bond acceptors (Lipinski definition) is 0. The van der Waals surface area contributed by atoms with Crippen LogP contribution in [0, 0.1) is 17.8 Å². The summed E-state index contributed by atoms with van der Waals surface area (Å²) in [5.74, 6) is 2.55. The molecule has 0 atom stereocenters. The molecular weight excluding hydrogens is 155 g/mol. The molecule has 0 N–H and O–H groups in total. The first-order valence-electron chi connectivity index (χ1n) is 5.73. The van der Waals surface area contributed by atoms with Gasteiger partial charge in [0.15, 0.2) is 0 Å². The van der Waals surface area contributed by atoms with Gasteiger partial charge >= 0.3 is 0 Å². The van der Waals surface area contributed by atoms with Crippen LogP contribution in [-0.2, 0) is 0 Å². The molecule has 0 unspecified atom stereocenters. The normalized spacial score (nSPS) is 13.3. The van der Waals surface area contributed by atoms with E-state index in [0.717, 1.165) is 17.8 Å². The molecule has 0 saturated carbocycles. The molecule has 0 aromatic rings. The van der Waals surface area contributed by atoms with E-state index >= 15 is 0 Å². The van der Waals surface area contributed by atoms with Crippen molar-refractivity contribution >= 4 is 7.85 Å². The summed E-state index contributed by atoms with van der Waals surface area (Å²) in [6.07, 6.45) is 2.75. The van der Waals surface area contributed by atoms with Crippen molar-refractivity contribution in [3.63, 3.8) is 0 Å². The zero-order chi connectivity index (χ0) is 10.6. The van der Waals surface area contributed by atoms with Gasteiger partial charge in [0.1, 0.15) is 7.85 Å². The fourth-order valence-electron chi connectivity index (χ4n) is 1.94. The first kappa shape index (κ1) is 13.1. The maximum atomic E-state index is 2.38. The average Bonchev–Trinajstić information content (AvgIpc) is 1.81. The minimum Gasteiger partial charge on any atom is -0.0669 e. The standard InChI is InChI=1S/C12H27B/c1-9(2)7-11(8-10(3)4)12(5,6)13/h9-11H,7-8,13H2,1-6H3. The van der Waals surface area contributed by atoms with E-state index in [1.807, 2.05) is 0 Å². The lowest BCUT2D eigenvalue weighted by Crippen LogP contribution is -2.21. The van der Waals surface area contributed by atoms with Crippen LogP contribution in [0.5, 0.6) is 0 Å². The number of rotatable bonds is 5. The van der Waals surface area contributed by atoms with E-state index in [0.29, 0.717) is 5.31 Å². The zero-order valence-corrected chi connectivity index (χ0v) is 10.6. The van der Waals surface area contributed by atoms with Gasteiger partial charge in [-0.25, -0.2) is 0 Å². The molecule has 1 heteroatoms. The summed E-state index contributed by atoms with van der Waals surface area (Å²) >= 11 is 0. The molecule has 0 heterocycles. The Bertz CT molecular complexity index is 121. The van der Waals surface area contributed by atoms with Gasteiger partial charge in [-0.05, 0) is 30.6 Å². The molecule has 0 fully saturated rings. The highest BCUT2D eigenvalue weighted by Gasteiger charge is 2.25. The largest absolute Gasteiger partial charge is 0.109 e. The van der Waals surface area contributed by atoms with Crippen LogP contribution < -0.4 is 0 Å². The van der Waals surface area contributed by atoms with Crippen molar-refractivity contribution in [1.29, 1.82) is 0 Å². The van der Waals surface area contributed by atoms with Crippen molar-refractivity contribution in [3.05, 3.63) is 0 Å². The van der Waals surface area contributed by atoms with Gasteiger partial charge in [-0.1, -0.05) is 46.9 Å². The predicted molar refractivity (Wildman–Crippen MR) is 65.0 cm³/mol. The molecule has 0 rings (SSSR count). The van der Waals surface area contributed by atoms with E-state index in [1.165, 1.54) is 12.8 Å². The van der Waals surface area contributed by atoms with E-state index < -0.39 is 0 Å². The maximum Gasteiger partial charge on any atom is 0.109 e. The van der Waals surface area contributed by atoms with Gasteiger partial charge in [-0.2, -0.15) is 0 Å². The molecule has 0 aliphatic rings. The quantitative estimate of drug-likeness (QED) is 0.570. The maximum absolute atomic E-state index is 2.38. The number of hydrogen-bond donors (Lipinski definition) is 0. The van der Waals surface area contributed by atoms with E-state index in [4.69, 9.17) is 0 Å². The Morgan fingerprint density at radius 2 is 1.23 bits per heavy atom. The van der Waals surface area contributed by atoms with Crippen LogP contribution in [-0.4, -0.2) is 7.85 Å². The van der Waals surface area contributed by atoms with Crippen molar-refractivity contribution in [2.24, 2.45) is 17.8 Å². The van der Waals surface area contributed by atoms with Gasteiger partial charge < -0.3 is 0 Å². The topological polar surface area (TPSA) is 0 Å². The van der Waals surface area contributed by atoms with Crippen molar-refractivity contribution in [1.82, 2.24) is 0 Å². The molecule has 0 amide bonds. The highest BCUT2D eigenvalue weighted by molar-refractivity contribution is 6.14. The van der Waals surface area contributed by atoms with E-state index in [9.17, 15) is 0 Å². The molecule has 78 valence electrons. The Morgan fingerprint density at radius 1 is 0.923 bits per heavy atom. The summed E-state index contributed by atoms with van der Waals surface area (Å²) in [5.41, 5.74) is 0. The third-order valence-electron chi connectivity index (χ3n) is 2.74. The fraction of sp³-hybridized carbons (Fsp3) is 1.00. The molecule has 0 aliphatic heterocycles. The van der Waals surface area contributed by atoms with Gasteiger partial charge in [0.2, 0.25) is 0 Å². The third kappa shape index (κ3) is 6.18. The van der Waals surface area contributed by atoms with Crippen LogP contribution >= 0.6 is 0 Å². The van der Waals surface area contributed by atoms with Gasteiger partial charge in [0, 0.05) is 0 Å². The monoisotopic (exact) mass is 182 g/mol. The minimum absolute atomic E-state index is 0.481.